The number of benzene rings is 2. The molecule has 19 heavy (non-hydrogen) atoms. The minimum atomic E-state index is -0.962. The molecule has 0 radical (unpaired) electrons. The summed E-state index contributed by atoms with van der Waals surface area (Å²) in [5.74, 6) is -0.371. The summed E-state index contributed by atoms with van der Waals surface area (Å²) in [6.45, 7) is 0. The largest absolute Gasteiger partial charge is 0.280 e. The first-order valence-corrected chi connectivity index (χ1v) is 6.53. The van der Waals surface area contributed by atoms with E-state index in [2.05, 4.69) is 0 Å². The van der Waals surface area contributed by atoms with E-state index in [1.54, 1.807) is 18.2 Å². The number of hydrogen-bond donors (Lipinski definition) is 0. The van der Waals surface area contributed by atoms with Crippen molar-refractivity contribution in [2.75, 3.05) is 0 Å². The molecule has 3 heteroatoms. The van der Waals surface area contributed by atoms with E-state index in [4.69, 9.17) is 11.6 Å². The molecule has 0 bridgehead atoms. The van der Waals surface area contributed by atoms with Gasteiger partial charge in [0.2, 0.25) is 5.24 Å². The molecule has 96 valence electrons. The molecule has 0 atom stereocenters. The Hall–Kier alpha value is -1.67. The topological polar surface area (TPSA) is 17.1 Å². The molecule has 1 aliphatic carbocycles. The molecular weight excluding hydrogens is 263 g/mol. The first-order valence-electron chi connectivity index (χ1n) is 6.15. The minimum absolute atomic E-state index is 0.371. The fraction of sp³-hybridized carbons (Fsp3) is 0.188. The Morgan fingerprint density at radius 3 is 2.05 bits per heavy atom. The second-order valence-corrected chi connectivity index (χ2v) is 5.30. The molecule has 0 amide bonds. The smallest absolute Gasteiger partial charge is 0.232 e. The maximum atomic E-state index is 14.1. The lowest BCUT2D eigenvalue weighted by Gasteiger charge is -2.25. The van der Waals surface area contributed by atoms with Gasteiger partial charge in [-0.3, -0.25) is 4.79 Å². The Morgan fingerprint density at radius 2 is 1.53 bits per heavy atom. The van der Waals surface area contributed by atoms with Crippen LogP contribution in [0.5, 0.6) is 0 Å². The van der Waals surface area contributed by atoms with Crippen LogP contribution < -0.4 is 0 Å². The lowest BCUT2D eigenvalue weighted by atomic mass is 9.78. The number of rotatable bonds is 2. The van der Waals surface area contributed by atoms with Gasteiger partial charge < -0.3 is 0 Å². The van der Waals surface area contributed by atoms with Gasteiger partial charge in [0, 0.05) is 5.56 Å². The quantitative estimate of drug-likeness (QED) is 0.765. The van der Waals surface area contributed by atoms with Crippen LogP contribution in [0, 0.1) is 5.82 Å². The molecule has 0 aromatic heterocycles. The Morgan fingerprint density at radius 1 is 1.00 bits per heavy atom. The third kappa shape index (κ3) is 1.87. The molecule has 0 aliphatic heterocycles. The number of fused-ring (bicyclic) bond motifs is 1. The average Bonchev–Trinajstić information content (AvgIpc) is 2.79. The van der Waals surface area contributed by atoms with Gasteiger partial charge in [0.05, 0.1) is 5.41 Å². The van der Waals surface area contributed by atoms with Crippen molar-refractivity contribution >= 4 is 16.8 Å². The van der Waals surface area contributed by atoms with Crippen LogP contribution in [-0.4, -0.2) is 5.24 Å². The Kier molecular flexibility index (Phi) is 2.90. The summed E-state index contributed by atoms with van der Waals surface area (Å²) in [5, 5.41) is -0.492. The summed E-state index contributed by atoms with van der Waals surface area (Å²) < 4.78 is 14.1. The fourth-order valence-corrected chi connectivity index (χ4v) is 3.14. The molecule has 0 heterocycles. The third-order valence-corrected chi connectivity index (χ3v) is 4.23. The molecule has 0 saturated carbocycles. The Balaban J connectivity index is 2.15. The third-order valence-electron chi connectivity index (χ3n) is 3.87. The van der Waals surface area contributed by atoms with Crippen LogP contribution in [0.25, 0.3) is 0 Å². The van der Waals surface area contributed by atoms with Gasteiger partial charge in [-0.05, 0) is 41.6 Å². The summed E-state index contributed by atoms with van der Waals surface area (Å²) in [5.41, 5.74) is 1.57. The van der Waals surface area contributed by atoms with Crippen LogP contribution in [0.3, 0.4) is 0 Å². The predicted molar refractivity (Wildman–Crippen MR) is 72.8 cm³/mol. The molecule has 2 aromatic carbocycles. The maximum absolute atomic E-state index is 14.1. The predicted octanol–water partition coefficient (Wildman–Crippen LogP) is 3.63. The number of carbonyl (C=O) groups is 1. The van der Waals surface area contributed by atoms with E-state index in [1.165, 1.54) is 6.07 Å². The molecule has 2 aromatic rings. The molecule has 1 nitrogen and oxygen atoms in total. The number of hydrogen-bond acceptors (Lipinski definition) is 1. The zero-order valence-corrected chi connectivity index (χ0v) is 11.0. The van der Waals surface area contributed by atoms with Gasteiger partial charge in [-0.25, -0.2) is 4.39 Å². The van der Waals surface area contributed by atoms with Crippen LogP contribution in [-0.2, 0) is 23.1 Å². The van der Waals surface area contributed by atoms with Crippen molar-refractivity contribution in [2.24, 2.45) is 0 Å². The summed E-state index contributed by atoms with van der Waals surface area (Å²) in [6.07, 6.45) is 0.929. The van der Waals surface area contributed by atoms with Crippen LogP contribution >= 0.6 is 11.6 Å². The molecular formula is C16H12ClFO. The van der Waals surface area contributed by atoms with Gasteiger partial charge in [0.15, 0.2) is 0 Å². The van der Waals surface area contributed by atoms with Gasteiger partial charge in [-0.2, -0.15) is 0 Å². The molecule has 3 rings (SSSR count). The zero-order chi connectivity index (χ0) is 13.5. The fourth-order valence-electron chi connectivity index (χ4n) is 2.90. The van der Waals surface area contributed by atoms with Crippen molar-refractivity contribution in [1.82, 2.24) is 0 Å². The van der Waals surface area contributed by atoms with E-state index in [-0.39, 0.29) is 5.82 Å². The molecule has 0 spiro atoms. The zero-order valence-electron chi connectivity index (χ0n) is 10.2. The number of carbonyl (C=O) groups excluding carboxylic acids is 1. The van der Waals surface area contributed by atoms with Crippen LogP contribution in [0.2, 0.25) is 0 Å². The second kappa shape index (κ2) is 4.46. The van der Waals surface area contributed by atoms with Gasteiger partial charge >= 0.3 is 0 Å². The highest BCUT2D eigenvalue weighted by molar-refractivity contribution is 6.65. The first kappa shape index (κ1) is 12.4. The summed E-state index contributed by atoms with van der Waals surface area (Å²) in [7, 11) is 0. The van der Waals surface area contributed by atoms with Crippen LogP contribution in [0.1, 0.15) is 16.7 Å². The van der Waals surface area contributed by atoms with E-state index in [0.29, 0.717) is 18.4 Å². The van der Waals surface area contributed by atoms with Crippen molar-refractivity contribution in [2.45, 2.75) is 18.3 Å². The Bertz CT molecular complexity index is 626. The molecule has 1 aliphatic rings. The summed E-state index contributed by atoms with van der Waals surface area (Å²) in [6, 6.07) is 14.2. The lowest BCUT2D eigenvalue weighted by Crippen LogP contribution is -2.34. The molecule has 0 unspecified atom stereocenters. The number of halogens is 2. The molecule has 0 saturated heterocycles. The van der Waals surface area contributed by atoms with E-state index < -0.39 is 10.7 Å². The monoisotopic (exact) mass is 274 g/mol. The highest BCUT2D eigenvalue weighted by Crippen LogP contribution is 2.42. The van der Waals surface area contributed by atoms with E-state index in [1.807, 2.05) is 24.3 Å². The minimum Gasteiger partial charge on any atom is -0.280 e. The SMILES string of the molecule is O=C(Cl)C1(c2ccccc2F)Cc2ccccc2C1. The van der Waals surface area contributed by atoms with Gasteiger partial charge in [0.1, 0.15) is 5.82 Å². The highest BCUT2D eigenvalue weighted by Gasteiger charge is 2.45. The van der Waals surface area contributed by atoms with Crippen molar-refractivity contribution < 1.29 is 9.18 Å². The lowest BCUT2D eigenvalue weighted by molar-refractivity contribution is -0.116. The van der Waals surface area contributed by atoms with Gasteiger partial charge in [-0.1, -0.05) is 42.5 Å². The van der Waals surface area contributed by atoms with Crippen molar-refractivity contribution in [3.05, 3.63) is 71.0 Å². The maximum Gasteiger partial charge on any atom is 0.232 e. The molecule has 0 fully saturated rings. The normalized spacial score (nSPS) is 16.1. The Labute approximate surface area is 116 Å². The van der Waals surface area contributed by atoms with Gasteiger partial charge in [-0.15, -0.1) is 0 Å². The van der Waals surface area contributed by atoms with Crippen molar-refractivity contribution in [3.8, 4) is 0 Å². The average molecular weight is 275 g/mol. The summed E-state index contributed by atoms with van der Waals surface area (Å²) in [4.78, 5) is 12.0. The highest BCUT2D eigenvalue weighted by atomic mass is 35.5. The molecule has 0 N–H and O–H groups in total. The van der Waals surface area contributed by atoms with E-state index in [9.17, 15) is 9.18 Å². The summed E-state index contributed by atoms with van der Waals surface area (Å²) >= 11 is 5.83. The van der Waals surface area contributed by atoms with Crippen LogP contribution in [0.15, 0.2) is 48.5 Å². The first-order chi connectivity index (χ1) is 9.13. The second-order valence-electron chi connectivity index (χ2n) is 4.96. The van der Waals surface area contributed by atoms with Crippen molar-refractivity contribution in [1.29, 1.82) is 0 Å². The van der Waals surface area contributed by atoms with E-state index in [0.717, 1.165) is 11.1 Å². The standard InChI is InChI=1S/C16H12ClFO/c17-15(19)16(13-7-3-4-8-14(13)18)9-11-5-1-2-6-12(11)10-16/h1-8H,9-10H2. The van der Waals surface area contributed by atoms with Crippen LogP contribution in [0.4, 0.5) is 4.39 Å². The van der Waals surface area contributed by atoms with Gasteiger partial charge in [0.25, 0.3) is 0 Å². The van der Waals surface area contributed by atoms with Crippen molar-refractivity contribution in [3.63, 3.8) is 0 Å². The van der Waals surface area contributed by atoms with E-state index >= 15 is 0 Å².